The molecular weight excluding hydrogens is 274 g/mol. The summed E-state index contributed by atoms with van der Waals surface area (Å²) in [6, 6.07) is 14.1. The first-order valence-electron chi connectivity index (χ1n) is 5.97. The van der Waals surface area contributed by atoms with Gasteiger partial charge in [-0.1, -0.05) is 48.2 Å². The van der Waals surface area contributed by atoms with Crippen LogP contribution in [0.5, 0.6) is 0 Å². The molecule has 5 heteroatoms. The van der Waals surface area contributed by atoms with Gasteiger partial charge in [0, 0.05) is 5.56 Å². The third kappa shape index (κ3) is 3.68. The van der Waals surface area contributed by atoms with E-state index in [-0.39, 0.29) is 17.2 Å². The molecule has 0 radical (unpaired) electrons. The van der Waals surface area contributed by atoms with Gasteiger partial charge in [-0.2, -0.15) is 0 Å². The second-order valence-corrected chi connectivity index (χ2v) is 4.93. The molecule has 0 N–H and O–H groups in total. The lowest BCUT2D eigenvalue weighted by Crippen LogP contribution is -2.05. The van der Waals surface area contributed by atoms with E-state index >= 15 is 0 Å². The molecular formula is C15H13NO3S. The number of aromatic nitrogens is 1. The molecule has 0 saturated heterocycles. The molecule has 0 aliphatic rings. The number of nitrogens with zero attached hydrogens (tertiary/aromatic N) is 1. The number of methoxy groups -OCH3 is 1. The van der Waals surface area contributed by atoms with Crippen LogP contribution >= 0.6 is 11.8 Å². The van der Waals surface area contributed by atoms with Gasteiger partial charge in [0.1, 0.15) is 5.69 Å². The van der Waals surface area contributed by atoms with Gasteiger partial charge < -0.3 is 4.74 Å². The second-order valence-electron chi connectivity index (χ2n) is 3.93. The van der Waals surface area contributed by atoms with E-state index in [1.807, 2.05) is 18.2 Å². The van der Waals surface area contributed by atoms with Gasteiger partial charge in [0.15, 0.2) is 5.78 Å². The number of hydrogen-bond donors (Lipinski definition) is 0. The highest BCUT2D eigenvalue weighted by Gasteiger charge is 2.10. The van der Waals surface area contributed by atoms with Crippen LogP contribution in [0.4, 0.5) is 0 Å². The summed E-state index contributed by atoms with van der Waals surface area (Å²) in [6.45, 7) is 0. The number of ether oxygens (including phenoxy) is 1. The van der Waals surface area contributed by atoms with Gasteiger partial charge in [-0.25, -0.2) is 9.78 Å². The SMILES string of the molecule is COC(=O)c1cccc(SCC(=O)c2ccccc2)n1. The highest BCUT2D eigenvalue weighted by molar-refractivity contribution is 7.99. The van der Waals surface area contributed by atoms with Crippen molar-refractivity contribution in [2.45, 2.75) is 5.03 Å². The minimum Gasteiger partial charge on any atom is -0.464 e. The molecule has 2 aromatic rings. The Bertz CT molecular complexity index is 614. The van der Waals surface area contributed by atoms with E-state index in [1.54, 1.807) is 30.3 Å². The van der Waals surface area contributed by atoms with E-state index in [2.05, 4.69) is 9.72 Å². The van der Waals surface area contributed by atoms with Crippen LogP contribution in [0.3, 0.4) is 0 Å². The van der Waals surface area contributed by atoms with Gasteiger partial charge in [-0.3, -0.25) is 4.79 Å². The van der Waals surface area contributed by atoms with Crippen molar-refractivity contribution >= 4 is 23.5 Å². The number of benzene rings is 1. The molecule has 1 aromatic heterocycles. The fourth-order valence-electron chi connectivity index (χ4n) is 1.56. The number of esters is 1. The van der Waals surface area contributed by atoms with Crippen molar-refractivity contribution in [1.82, 2.24) is 4.98 Å². The van der Waals surface area contributed by atoms with Crippen molar-refractivity contribution in [2.75, 3.05) is 12.9 Å². The molecule has 2 rings (SSSR count). The average Bonchev–Trinajstić information content (AvgIpc) is 2.53. The molecule has 0 bridgehead atoms. The maximum Gasteiger partial charge on any atom is 0.356 e. The van der Waals surface area contributed by atoms with Gasteiger partial charge >= 0.3 is 5.97 Å². The quantitative estimate of drug-likeness (QED) is 0.481. The van der Waals surface area contributed by atoms with E-state index in [9.17, 15) is 9.59 Å². The van der Waals surface area contributed by atoms with E-state index in [0.717, 1.165) is 0 Å². The molecule has 0 saturated carbocycles. The molecule has 102 valence electrons. The lowest BCUT2D eigenvalue weighted by atomic mass is 10.2. The van der Waals surface area contributed by atoms with Crippen LogP contribution in [0.1, 0.15) is 20.8 Å². The van der Waals surface area contributed by atoms with Crippen molar-refractivity contribution in [3.63, 3.8) is 0 Å². The number of ketones is 1. The highest BCUT2D eigenvalue weighted by atomic mass is 32.2. The van der Waals surface area contributed by atoms with Crippen LogP contribution in [0.2, 0.25) is 0 Å². The molecule has 0 unspecified atom stereocenters. The van der Waals surface area contributed by atoms with Crippen molar-refractivity contribution in [3.05, 3.63) is 59.8 Å². The third-order valence-electron chi connectivity index (χ3n) is 2.56. The summed E-state index contributed by atoms with van der Waals surface area (Å²) in [7, 11) is 1.31. The zero-order valence-corrected chi connectivity index (χ0v) is 11.7. The Labute approximate surface area is 121 Å². The Morgan fingerprint density at radius 2 is 1.85 bits per heavy atom. The minimum atomic E-state index is -0.484. The van der Waals surface area contributed by atoms with Crippen molar-refractivity contribution in [1.29, 1.82) is 0 Å². The molecule has 20 heavy (non-hydrogen) atoms. The molecule has 0 fully saturated rings. The number of carbonyl (C=O) groups is 2. The summed E-state index contributed by atoms with van der Waals surface area (Å²) in [5.41, 5.74) is 0.911. The van der Waals surface area contributed by atoms with Crippen molar-refractivity contribution in [2.24, 2.45) is 0 Å². The standard InChI is InChI=1S/C15H13NO3S/c1-19-15(18)12-8-5-9-14(16-12)20-10-13(17)11-6-3-2-4-7-11/h2-9H,10H2,1H3. The summed E-state index contributed by atoms with van der Waals surface area (Å²) in [6.07, 6.45) is 0. The summed E-state index contributed by atoms with van der Waals surface area (Å²) in [4.78, 5) is 27.5. The largest absolute Gasteiger partial charge is 0.464 e. The maximum absolute atomic E-state index is 12.0. The fraction of sp³-hybridized carbons (Fsp3) is 0.133. The predicted molar refractivity (Wildman–Crippen MR) is 77.1 cm³/mol. The van der Waals surface area contributed by atoms with E-state index in [0.29, 0.717) is 10.6 Å². The lowest BCUT2D eigenvalue weighted by molar-refractivity contribution is 0.0593. The van der Waals surface area contributed by atoms with Crippen molar-refractivity contribution < 1.29 is 14.3 Å². The number of Topliss-reactive ketones (excluding diaryl/α,β-unsaturated/α-hetero) is 1. The second kappa shape index (κ2) is 6.86. The highest BCUT2D eigenvalue weighted by Crippen LogP contribution is 2.17. The average molecular weight is 287 g/mol. The molecule has 0 amide bonds. The smallest absolute Gasteiger partial charge is 0.356 e. The Hall–Kier alpha value is -2.14. The van der Waals surface area contributed by atoms with Crippen LogP contribution in [0, 0.1) is 0 Å². The molecule has 0 atom stereocenters. The van der Waals surface area contributed by atoms with E-state index < -0.39 is 5.97 Å². The molecule has 0 aliphatic carbocycles. The van der Waals surface area contributed by atoms with Crippen LogP contribution in [0.25, 0.3) is 0 Å². The minimum absolute atomic E-state index is 0.0286. The summed E-state index contributed by atoms with van der Waals surface area (Å²) >= 11 is 1.30. The lowest BCUT2D eigenvalue weighted by Gasteiger charge is -2.03. The maximum atomic E-state index is 12.0. The summed E-state index contributed by atoms with van der Waals surface area (Å²) in [5, 5.41) is 0.622. The monoisotopic (exact) mass is 287 g/mol. The predicted octanol–water partition coefficient (Wildman–Crippen LogP) is 2.84. The number of carbonyl (C=O) groups excluding carboxylic acids is 2. The molecule has 0 aliphatic heterocycles. The first-order valence-corrected chi connectivity index (χ1v) is 6.95. The Balaban J connectivity index is 2.01. The number of hydrogen-bond acceptors (Lipinski definition) is 5. The fourth-order valence-corrected chi connectivity index (χ4v) is 2.34. The van der Waals surface area contributed by atoms with Crippen LogP contribution in [0.15, 0.2) is 53.6 Å². The topological polar surface area (TPSA) is 56.3 Å². The van der Waals surface area contributed by atoms with E-state index in [1.165, 1.54) is 18.9 Å². The molecule has 1 aromatic carbocycles. The zero-order chi connectivity index (χ0) is 14.4. The molecule has 4 nitrogen and oxygen atoms in total. The number of thioether (sulfide) groups is 1. The van der Waals surface area contributed by atoms with Gasteiger partial charge in [-0.05, 0) is 12.1 Å². The Morgan fingerprint density at radius 1 is 1.10 bits per heavy atom. The first kappa shape index (κ1) is 14.3. The Morgan fingerprint density at radius 3 is 2.55 bits per heavy atom. The summed E-state index contributed by atoms with van der Waals surface area (Å²) < 4.78 is 4.61. The van der Waals surface area contributed by atoms with Crippen LogP contribution in [-0.2, 0) is 4.74 Å². The van der Waals surface area contributed by atoms with Gasteiger partial charge in [0.05, 0.1) is 17.9 Å². The van der Waals surface area contributed by atoms with Gasteiger partial charge in [0.25, 0.3) is 0 Å². The number of rotatable bonds is 5. The van der Waals surface area contributed by atoms with E-state index in [4.69, 9.17) is 0 Å². The third-order valence-corrected chi connectivity index (χ3v) is 3.49. The van der Waals surface area contributed by atoms with Crippen LogP contribution < -0.4 is 0 Å². The first-order chi connectivity index (χ1) is 9.70. The van der Waals surface area contributed by atoms with Gasteiger partial charge in [0.2, 0.25) is 0 Å². The van der Waals surface area contributed by atoms with Crippen molar-refractivity contribution in [3.8, 4) is 0 Å². The normalized spacial score (nSPS) is 10.1. The number of pyridine rings is 1. The van der Waals surface area contributed by atoms with Gasteiger partial charge in [-0.15, -0.1) is 0 Å². The Kier molecular flexibility index (Phi) is 4.90. The van der Waals surface area contributed by atoms with Crippen LogP contribution in [-0.4, -0.2) is 29.6 Å². The zero-order valence-electron chi connectivity index (χ0n) is 10.9. The molecule has 1 heterocycles. The summed E-state index contributed by atoms with van der Waals surface area (Å²) in [5.74, 6) is -0.176. The molecule has 0 spiro atoms.